The first-order valence-electron chi connectivity index (χ1n) is 8.05. The van der Waals surface area contributed by atoms with Crippen molar-refractivity contribution in [1.82, 2.24) is 14.9 Å². The van der Waals surface area contributed by atoms with Gasteiger partial charge >= 0.3 is 0 Å². The summed E-state index contributed by atoms with van der Waals surface area (Å²) >= 11 is 3.27. The molecule has 2 N–H and O–H groups in total. The number of nitrogen functional groups attached to an aromatic ring is 1. The number of hydrogen-bond donors (Lipinski definition) is 1. The maximum Gasteiger partial charge on any atom is 0.190 e. The number of rotatable bonds is 7. The molecule has 0 unspecified atom stereocenters. The molecular weight excluding hydrogens is 352 g/mol. The molecule has 0 saturated heterocycles. The number of aromatic nitrogens is 2. The van der Waals surface area contributed by atoms with E-state index in [1.165, 1.54) is 0 Å². The quantitative estimate of drug-likeness (QED) is 0.383. The lowest BCUT2D eigenvalue weighted by molar-refractivity contribution is 0.410. The molecule has 0 saturated carbocycles. The van der Waals surface area contributed by atoms with Gasteiger partial charge in [-0.25, -0.2) is 9.97 Å². The molecule has 0 aliphatic heterocycles. The van der Waals surface area contributed by atoms with Gasteiger partial charge in [0, 0.05) is 16.7 Å². The van der Waals surface area contributed by atoms with Crippen LogP contribution in [0.3, 0.4) is 0 Å². The number of nitrogens with two attached hydrogens (primary N) is 1. The van der Waals surface area contributed by atoms with Gasteiger partial charge in [0.2, 0.25) is 0 Å². The van der Waals surface area contributed by atoms with Crippen molar-refractivity contribution >= 4 is 39.1 Å². The smallest absolute Gasteiger partial charge is 0.190 e. The number of fused-ring (bicyclic) bond motifs is 1. The zero-order valence-corrected chi connectivity index (χ0v) is 16.3. The number of anilines is 1. The van der Waals surface area contributed by atoms with Crippen LogP contribution in [0.5, 0.6) is 5.75 Å². The van der Waals surface area contributed by atoms with Crippen molar-refractivity contribution in [3.05, 3.63) is 29.6 Å². The Morgan fingerprint density at radius 3 is 2.64 bits per heavy atom. The predicted octanol–water partition coefficient (Wildman–Crippen LogP) is 3.99. The molecule has 0 spiro atoms. The number of thioether (sulfide) groups is 1. The van der Waals surface area contributed by atoms with Crippen molar-refractivity contribution in [1.29, 1.82) is 0 Å². The van der Waals surface area contributed by atoms with Gasteiger partial charge in [-0.3, -0.25) is 0 Å². The Morgan fingerprint density at radius 2 is 1.96 bits per heavy atom. The van der Waals surface area contributed by atoms with Crippen LogP contribution in [-0.4, -0.2) is 48.4 Å². The summed E-state index contributed by atoms with van der Waals surface area (Å²) < 4.78 is 5.22. The standard InChI is InChI=1S/C18H22N4OS2/c1-22(2)9-4-10-24-18-20-16(19)15-14(11-25-17(15)21-18)12-5-7-13(23-3)8-6-12/h5-8,11H,4,9-10H2,1-3H3,(H2,19,20,21). The molecule has 5 nitrogen and oxygen atoms in total. The number of benzene rings is 1. The first-order chi connectivity index (χ1) is 12.1. The van der Waals surface area contributed by atoms with Crippen LogP contribution in [0, 0.1) is 0 Å². The summed E-state index contributed by atoms with van der Waals surface area (Å²) in [5.74, 6) is 2.37. The first kappa shape index (κ1) is 18.0. The van der Waals surface area contributed by atoms with Gasteiger partial charge in [-0.15, -0.1) is 11.3 Å². The molecule has 0 fully saturated rings. The number of ether oxygens (including phenoxy) is 1. The molecule has 25 heavy (non-hydrogen) atoms. The lowest BCUT2D eigenvalue weighted by Crippen LogP contribution is -2.13. The van der Waals surface area contributed by atoms with Gasteiger partial charge in [0.25, 0.3) is 0 Å². The van der Waals surface area contributed by atoms with Crippen molar-refractivity contribution in [3.63, 3.8) is 0 Å². The van der Waals surface area contributed by atoms with Crippen molar-refractivity contribution in [2.75, 3.05) is 39.2 Å². The third-order valence-electron chi connectivity index (χ3n) is 3.82. The van der Waals surface area contributed by atoms with E-state index in [-0.39, 0.29) is 0 Å². The van der Waals surface area contributed by atoms with Crippen LogP contribution < -0.4 is 10.5 Å². The lowest BCUT2D eigenvalue weighted by atomic mass is 10.1. The van der Waals surface area contributed by atoms with Crippen molar-refractivity contribution in [2.24, 2.45) is 0 Å². The molecule has 1 aromatic carbocycles. The molecule has 0 atom stereocenters. The SMILES string of the molecule is COc1ccc(-c2csc3nc(SCCCN(C)C)nc(N)c23)cc1. The van der Waals surface area contributed by atoms with E-state index in [1.54, 1.807) is 30.2 Å². The fourth-order valence-electron chi connectivity index (χ4n) is 2.54. The number of hydrogen-bond acceptors (Lipinski definition) is 7. The second-order valence-electron chi connectivity index (χ2n) is 5.95. The zero-order valence-electron chi connectivity index (χ0n) is 14.7. The van der Waals surface area contributed by atoms with Crippen molar-refractivity contribution < 1.29 is 4.74 Å². The van der Waals surface area contributed by atoms with E-state index in [0.29, 0.717) is 5.82 Å². The van der Waals surface area contributed by atoms with Crippen LogP contribution in [0.4, 0.5) is 5.82 Å². The van der Waals surface area contributed by atoms with Crippen molar-refractivity contribution in [2.45, 2.75) is 11.6 Å². The van der Waals surface area contributed by atoms with Crippen LogP contribution >= 0.6 is 23.1 Å². The number of nitrogens with zero attached hydrogens (tertiary/aromatic N) is 3. The number of methoxy groups -OCH3 is 1. The second kappa shape index (κ2) is 8.03. The van der Waals surface area contributed by atoms with Gasteiger partial charge in [0.05, 0.1) is 12.5 Å². The summed E-state index contributed by atoms with van der Waals surface area (Å²) in [5, 5.41) is 3.79. The highest BCUT2D eigenvalue weighted by molar-refractivity contribution is 7.99. The van der Waals surface area contributed by atoms with Crippen LogP contribution in [0.25, 0.3) is 21.3 Å². The van der Waals surface area contributed by atoms with Gasteiger partial charge in [-0.05, 0) is 44.8 Å². The fraction of sp³-hybridized carbons (Fsp3) is 0.333. The summed E-state index contributed by atoms with van der Waals surface area (Å²) in [7, 11) is 5.83. The highest BCUT2D eigenvalue weighted by Gasteiger charge is 2.14. The van der Waals surface area contributed by atoms with Gasteiger partial charge < -0.3 is 15.4 Å². The Labute approximate surface area is 156 Å². The topological polar surface area (TPSA) is 64.3 Å². The van der Waals surface area contributed by atoms with Gasteiger partial charge in [-0.1, -0.05) is 23.9 Å². The Kier molecular flexibility index (Phi) is 5.78. The van der Waals surface area contributed by atoms with E-state index >= 15 is 0 Å². The lowest BCUT2D eigenvalue weighted by Gasteiger charge is -2.08. The molecule has 0 amide bonds. The highest BCUT2D eigenvalue weighted by Crippen LogP contribution is 2.37. The number of thiophene rings is 1. The molecular formula is C18H22N4OS2. The minimum Gasteiger partial charge on any atom is -0.497 e. The van der Waals surface area contributed by atoms with Gasteiger partial charge in [-0.2, -0.15) is 0 Å². The van der Waals surface area contributed by atoms with Gasteiger partial charge in [0.15, 0.2) is 5.16 Å². The highest BCUT2D eigenvalue weighted by atomic mass is 32.2. The second-order valence-corrected chi connectivity index (χ2v) is 7.87. The fourth-order valence-corrected chi connectivity index (χ4v) is 4.33. The summed E-state index contributed by atoms with van der Waals surface area (Å²) in [6.45, 7) is 1.06. The van der Waals surface area contributed by atoms with Crippen LogP contribution in [-0.2, 0) is 0 Å². The van der Waals surface area contributed by atoms with Crippen LogP contribution in [0.2, 0.25) is 0 Å². The normalized spacial score (nSPS) is 11.4. The van der Waals surface area contributed by atoms with E-state index in [0.717, 1.165) is 51.0 Å². The predicted molar refractivity (Wildman–Crippen MR) is 108 cm³/mol. The largest absolute Gasteiger partial charge is 0.497 e. The summed E-state index contributed by atoms with van der Waals surface area (Å²) in [4.78, 5) is 12.3. The van der Waals surface area contributed by atoms with E-state index in [2.05, 4.69) is 34.3 Å². The third-order valence-corrected chi connectivity index (χ3v) is 5.63. The molecule has 0 bridgehead atoms. The van der Waals surface area contributed by atoms with Crippen LogP contribution in [0.15, 0.2) is 34.8 Å². The molecule has 2 heterocycles. The molecule has 2 aromatic heterocycles. The minimum absolute atomic E-state index is 0.548. The average molecular weight is 375 g/mol. The molecule has 0 aliphatic rings. The van der Waals surface area contributed by atoms with Gasteiger partial charge in [0.1, 0.15) is 16.4 Å². The monoisotopic (exact) mass is 374 g/mol. The molecule has 0 aliphatic carbocycles. The molecule has 132 valence electrons. The Bertz CT molecular complexity index is 846. The van der Waals surface area contributed by atoms with E-state index < -0.39 is 0 Å². The maximum atomic E-state index is 6.26. The summed E-state index contributed by atoms with van der Waals surface area (Å²) in [6, 6.07) is 7.96. The van der Waals surface area contributed by atoms with Crippen LogP contribution in [0.1, 0.15) is 6.42 Å². The molecule has 0 radical (unpaired) electrons. The molecule has 7 heteroatoms. The zero-order chi connectivity index (χ0) is 17.8. The maximum absolute atomic E-state index is 6.26. The third kappa shape index (κ3) is 4.23. The first-order valence-corrected chi connectivity index (χ1v) is 9.91. The minimum atomic E-state index is 0.548. The summed E-state index contributed by atoms with van der Waals surface area (Å²) in [5.41, 5.74) is 8.42. The Balaban J connectivity index is 1.83. The van der Waals surface area contributed by atoms with E-state index in [4.69, 9.17) is 10.5 Å². The molecule has 3 rings (SSSR count). The average Bonchev–Trinajstić information content (AvgIpc) is 3.03. The summed E-state index contributed by atoms with van der Waals surface area (Å²) in [6.07, 6.45) is 1.10. The molecule has 3 aromatic rings. The Morgan fingerprint density at radius 1 is 1.20 bits per heavy atom. The van der Waals surface area contributed by atoms with E-state index in [9.17, 15) is 0 Å². The van der Waals surface area contributed by atoms with Crippen molar-refractivity contribution in [3.8, 4) is 16.9 Å². The Hall–Kier alpha value is -1.83. The van der Waals surface area contributed by atoms with E-state index in [1.807, 2.05) is 24.3 Å².